The Morgan fingerprint density at radius 2 is 1.88 bits per heavy atom. The van der Waals surface area contributed by atoms with Gasteiger partial charge in [0.05, 0.1) is 12.1 Å². The Bertz CT molecular complexity index is 919. The fourth-order valence-electron chi connectivity index (χ4n) is 5.25. The second kappa shape index (κ2) is 9.53. The first-order valence-corrected chi connectivity index (χ1v) is 11.3. The first-order valence-electron chi connectivity index (χ1n) is 11.3. The van der Waals surface area contributed by atoms with E-state index in [1.807, 2.05) is 19.1 Å². The maximum absolute atomic E-state index is 14.0. The number of hydrogen-bond donors (Lipinski definition) is 0. The molecule has 3 aliphatic rings. The van der Waals surface area contributed by atoms with Crippen LogP contribution in [0.2, 0.25) is 0 Å². The van der Waals surface area contributed by atoms with Crippen molar-refractivity contribution >= 4 is 11.9 Å². The van der Waals surface area contributed by atoms with Gasteiger partial charge in [-0.1, -0.05) is 18.2 Å². The van der Waals surface area contributed by atoms with E-state index in [4.69, 9.17) is 4.74 Å². The highest BCUT2D eigenvalue weighted by Gasteiger charge is 2.47. The van der Waals surface area contributed by atoms with Crippen LogP contribution in [0, 0.1) is 17.6 Å². The van der Waals surface area contributed by atoms with E-state index in [0.717, 1.165) is 24.5 Å². The molecule has 0 bridgehead atoms. The van der Waals surface area contributed by atoms with Crippen LogP contribution in [-0.4, -0.2) is 54.1 Å². The first kappa shape index (κ1) is 22.6. The number of halogens is 2. The van der Waals surface area contributed by atoms with Crippen LogP contribution in [0.3, 0.4) is 0 Å². The van der Waals surface area contributed by atoms with Gasteiger partial charge in [0.15, 0.2) is 0 Å². The summed E-state index contributed by atoms with van der Waals surface area (Å²) in [6.45, 7) is 3.06. The van der Waals surface area contributed by atoms with Crippen molar-refractivity contribution in [1.29, 1.82) is 0 Å². The third-order valence-corrected chi connectivity index (χ3v) is 7.09. The molecule has 0 aromatic heterocycles. The highest BCUT2D eigenvalue weighted by atomic mass is 19.1. The lowest BCUT2D eigenvalue weighted by Gasteiger charge is -2.33. The Hall–Kier alpha value is -2.54. The largest absolute Gasteiger partial charge is 0.381 e. The topological polar surface area (TPSA) is 49.9 Å². The van der Waals surface area contributed by atoms with Crippen LogP contribution in [0.5, 0.6) is 0 Å². The molecule has 0 spiro atoms. The maximum atomic E-state index is 14.0. The van der Waals surface area contributed by atoms with Gasteiger partial charge >= 0.3 is 6.03 Å². The van der Waals surface area contributed by atoms with Crippen LogP contribution in [0.4, 0.5) is 13.6 Å². The molecule has 0 saturated carbocycles. The smallest absolute Gasteiger partial charge is 0.327 e. The normalized spacial score (nSPS) is 25.2. The summed E-state index contributed by atoms with van der Waals surface area (Å²) in [5.74, 6) is -1.95. The summed E-state index contributed by atoms with van der Waals surface area (Å²) in [7, 11) is 1.71. The minimum absolute atomic E-state index is 0.0273. The van der Waals surface area contributed by atoms with Crippen LogP contribution in [0.15, 0.2) is 42.0 Å². The highest BCUT2D eigenvalue weighted by molar-refractivity contribution is 5.97. The number of imide groups is 1. The molecule has 3 atom stereocenters. The predicted octanol–water partition coefficient (Wildman–Crippen LogP) is 4.79. The molecule has 2 heterocycles. The standard InChI is InChI=1S/C25H30F2N2O3/c1-16-24(18-6-4-3-5-7-18)29(25(31)28(16)2)23(30)15-22(17-8-10-32-11-9-17)19-12-20(26)14-21(27)13-19/h3-4,6,12-14,16-17,22,24H,5,7-11,15H2,1-2H3/t16-,22+,24-/m0/s1. The molecule has 7 heteroatoms. The van der Waals surface area contributed by atoms with E-state index in [1.165, 1.54) is 17.0 Å². The highest BCUT2D eigenvalue weighted by Crippen LogP contribution is 2.38. The van der Waals surface area contributed by atoms with Crippen molar-refractivity contribution in [2.24, 2.45) is 5.92 Å². The lowest BCUT2D eigenvalue weighted by atomic mass is 9.79. The van der Waals surface area contributed by atoms with Crippen molar-refractivity contribution in [1.82, 2.24) is 9.80 Å². The molecule has 0 radical (unpaired) electrons. The zero-order chi connectivity index (χ0) is 22.8. The second-order valence-corrected chi connectivity index (χ2v) is 9.01. The molecule has 0 unspecified atom stereocenters. The summed E-state index contributed by atoms with van der Waals surface area (Å²) >= 11 is 0. The van der Waals surface area contributed by atoms with Gasteiger partial charge in [0.2, 0.25) is 5.91 Å². The van der Waals surface area contributed by atoms with Gasteiger partial charge in [-0.05, 0) is 67.7 Å². The van der Waals surface area contributed by atoms with Gasteiger partial charge in [-0.15, -0.1) is 0 Å². The molecule has 172 valence electrons. The molecule has 2 saturated heterocycles. The molecule has 0 N–H and O–H groups in total. The van der Waals surface area contributed by atoms with Gasteiger partial charge < -0.3 is 9.64 Å². The van der Waals surface area contributed by atoms with Gasteiger partial charge in [0.1, 0.15) is 11.6 Å². The van der Waals surface area contributed by atoms with Crippen LogP contribution >= 0.6 is 0 Å². The van der Waals surface area contributed by atoms with E-state index in [2.05, 4.69) is 6.08 Å². The summed E-state index contributed by atoms with van der Waals surface area (Å²) in [6, 6.07) is 2.67. The van der Waals surface area contributed by atoms with Crippen LogP contribution in [0.1, 0.15) is 50.5 Å². The lowest BCUT2D eigenvalue weighted by Crippen LogP contribution is -2.43. The number of rotatable bonds is 5. The van der Waals surface area contributed by atoms with Gasteiger partial charge in [0.25, 0.3) is 0 Å². The molecule has 1 aliphatic carbocycles. The molecular weight excluding hydrogens is 414 g/mol. The zero-order valence-electron chi connectivity index (χ0n) is 18.6. The van der Waals surface area contributed by atoms with Crippen molar-refractivity contribution in [2.75, 3.05) is 20.3 Å². The molecule has 2 aliphatic heterocycles. The molecule has 1 aromatic rings. The number of benzene rings is 1. The fourth-order valence-corrected chi connectivity index (χ4v) is 5.25. The van der Waals surface area contributed by atoms with E-state index in [0.29, 0.717) is 31.6 Å². The van der Waals surface area contributed by atoms with E-state index < -0.39 is 11.6 Å². The molecule has 4 rings (SSSR count). The van der Waals surface area contributed by atoms with Gasteiger partial charge in [-0.25, -0.2) is 13.6 Å². The van der Waals surface area contributed by atoms with E-state index in [-0.39, 0.29) is 42.3 Å². The van der Waals surface area contributed by atoms with Crippen molar-refractivity contribution in [3.8, 4) is 0 Å². The zero-order valence-corrected chi connectivity index (χ0v) is 18.6. The van der Waals surface area contributed by atoms with Crippen molar-refractivity contribution < 1.29 is 23.1 Å². The van der Waals surface area contributed by atoms with Crippen LogP contribution in [-0.2, 0) is 9.53 Å². The first-order chi connectivity index (χ1) is 15.4. The van der Waals surface area contributed by atoms with E-state index in [9.17, 15) is 18.4 Å². The van der Waals surface area contributed by atoms with Gasteiger partial charge in [0, 0.05) is 32.7 Å². The predicted molar refractivity (Wildman–Crippen MR) is 117 cm³/mol. The Morgan fingerprint density at radius 3 is 2.50 bits per heavy atom. The number of urea groups is 1. The summed E-state index contributed by atoms with van der Waals surface area (Å²) in [5, 5.41) is 0. The summed E-state index contributed by atoms with van der Waals surface area (Å²) in [4.78, 5) is 29.6. The van der Waals surface area contributed by atoms with E-state index in [1.54, 1.807) is 11.9 Å². The Morgan fingerprint density at radius 1 is 1.19 bits per heavy atom. The number of amides is 3. The minimum atomic E-state index is -0.660. The average Bonchev–Trinajstić information content (AvgIpc) is 3.02. The summed E-state index contributed by atoms with van der Waals surface area (Å²) in [6.07, 6.45) is 9.16. The van der Waals surface area contributed by atoms with Gasteiger partial charge in [-0.2, -0.15) is 0 Å². The summed E-state index contributed by atoms with van der Waals surface area (Å²) < 4.78 is 33.5. The number of likely N-dealkylation sites (N-methyl/N-ethyl adjacent to an activating group) is 1. The Kier molecular flexibility index (Phi) is 6.74. The Balaban J connectivity index is 1.64. The SMILES string of the molecule is C[C@H]1[C@@H](C2=CC=CCC2)N(C(=O)C[C@@H](c2cc(F)cc(F)c2)C2CCOCC2)C(=O)N1C. The number of hydrogen-bond acceptors (Lipinski definition) is 3. The third kappa shape index (κ3) is 4.49. The maximum Gasteiger partial charge on any atom is 0.327 e. The second-order valence-electron chi connectivity index (χ2n) is 9.01. The molecule has 3 amide bonds. The quantitative estimate of drug-likeness (QED) is 0.656. The monoisotopic (exact) mass is 444 g/mol. The number of carbonyl (C=O) groups is 2. The van der Waals surface area contributed by atoms with Crippen molar-refractivity contribution in [2.45, 2.75) is 57.0 Å². The number of allylic oxidation sites excluding steroid dienone is 3. The average molecular weight is 445 g/mol. The lowest BCUT2D eigenvalue weighted by molar-refractivity contribution is -0.129. The fraction of sp³-hybridized carbons (Fsp3) is 0.520. The molecule has 32 heavy (non-hydrogen) atoms. The molecule has 2 fully saturated rings. The van der Waals surface area contributed by atoms with E-state index >= 15 is 0 Å². The van der Waals surface area contributed by atoms with Crippen molar-refractivity contribution in [3.63, 3.8) is 0 Å². The summed E-state index contributed by atoms with van der Waals surface area (Å²) in [5.41, 5.74) is 1.53. The third-order valence-electron chi connectivity index (χ3n) is 7.09. The van der Waals surface area contributed by atoms with Crippen LogP contribution in [0.25, 0.3) is 0 Å². The molecular formula is C25H30F2N2O3. The number of nitrogens with zero attached hydrogens (tertiary/aromatic N) is 2. The van der Waals surface area contributed by atoms with Gasteiger partial charge in [-0.3, -0.25) is 9.69 Å². The van der Waals surface area contributed by atoms with Crippen LogP contribution < -0.4 is 0 Å². The number of ether oxygens (including phenoxy) is 1. The van der Waals surface area contributed by atoms with Crippen molar-refractivity contribution in [3.05, 3.63) is 59.2 Å². The minimum Gasteiger partial charge on any atom is -0.381 e. The number of carbonyl (C=O) groups excluding carboxylic acids is 2. The molecule has 1 aromatic carbocycles. The molecule has 5 nitrogen and oxygen atoms in total. The Labute approximate surface area is 187 Å².